The van der Waals surface area contributed by atoms with E-state index in [1.165, 1.54) is 0 Å². The monoisotopic (exact) mass is 323 g/mol. The Morgan fingerprint density at radius 3 is 2.58 bits per heavy atom. The van der Waals surface area contributed by atoms with Crippen molar-refractivity contribution in [2.24, 2.45) is 0 Å². The van der Waals surface area contributed by atoms with E-state index < -0.39 is 6.10 Å². The summed E-state index contributed by atoms with van der Waals surface area (Å²) in [4.78, 5) is 0. The van der Waals surface area contributed by atoms with Gasteiger partial charge in [0.25, 0.3) is 0 Å². The summed E-state index contributed by atoms with van der Waals surface area (Å²) < 4.78 is 5.46. The molecule has 0 aliphatic heterocycles. The first-order chi connectivity index (χ1) is 9.04. The molecule has 2 atom stereocenters. The van der Waals surface area contributed by atoms with Crippen LogP contribution in [0.15, 0.2) is 18.2 Å². The molecule has 0 bridgehead atoms. The molecule has 0 aromatic heterocycles. The Labute approximate surface area is 128 Å². The number of ether oxygens (including phenoxy) is 1. The minimum Gasteiger partial charge on any atom is -0.488 e. The van der Waals surface area contributed by atoms with Gasteiger partial charge in [-0.15, -0.1) is 0 Å². The molecule has 2 unspecified atom stereocenters. The molecule has 0 fully saturated rings. The molecule has 1 aromatic carbocycles. The number of aliphatic hydroxyl groups excluding tert-OH is 1. The lowest BCUT2D eigenvalue weighted by Crippen LogP contribution is -2.37. The zero-order valence-electron chi connectivity index (χ0n) is 11.0. The Balaban J connectivity index is 2.36. The molecule has 0 aliphatic carbocycles. The van der Waals surface area contributed by atoms with Crippen LogP contribution in [0.25, 0.3) is 0 Å². The van der Waals surface area contributed by atoms with Crippen molar-refractivity contribution in [3.05, 3.63) is 28.2 Å². The maximum absolute atomic E-state index is 9.83. The van der Waals surface area contributed by atoms with E-state index in [4.69, 9.17) is 27.9 Å². The van der Waals surface area contributed by atoms with Crippen molar-refractivity contribution in [1.29, 1.82) is 0 Å². The minimum atomic E-state index is -0.600. The van der Waals surface area contributed by atoms with Crippen molar-refractivity contribution in [3.63, 3.8) is 0 Å². The molecule has 0 heterocycles. The van der Waals surface area contributed by atoms with Gasteiger partial charge in [-0.1, -0.05) is 29.3 Å². The number of para-hydroxylation sites is 1. The SMILES string of the molecule is CSCC(C)NCC(O)COc1c(Cl)cccc1Cl. The third kappa shape index (κ3) is 6.23. The second kappa shape index (κ2) is 8.93. The van der Waals surface area contributed by atoms with Gasteiger partial charge in [-0.25, -0.2) is 0 Å². The Kier molecular flexibility index (Phi) is 7.95. The molecule has 108 valence electrons. The zero-order chi connectivity index (χ0) is 14.3. The van der Waals surface area contributed by atoms with Crippen LogP contribution in [0.2, 0.25) is 10.0 Å². The Bertz CT molecular complexity index is 373. The first kappa shape index (κ1) is 16.9. The molecule has 0 amide bonds. The van der Waals surface area contributed by atoms with Crippen molar-refractivity contribution in [1.82, 2.24) is 5.32 Å². The maximum Gasteiger partial charge on any atom is 0.156 e. The van der Waals surface area contributed by atoms with Crippen molar-refractivity contribution in [2.75, 3.05) is 25.2 Å². The summed E-state index contributed by atoms with van der Waals surface area (Å²) in [6.45, 7) is 2.71. The highest BCUT2D eigenvalue weighted by molar-refractivity contribution is 7.98. The summed E-state index contributed by atoms with van der Waals surface area (Å²) in [7, 11) is 0. The topological polar surface area (TPSA) is 41.5 Å². The van der Waals surface area contributed by atoms with Gasteiger partial charge < -0.3 is 15.2 Å². The molecule has 3 nitrogen and oxygen atoms in total. The quantitative estimate of drug-likeness (QED) is 0.771. The molecule has 0 saturated heterocycles. The fourth-order valence-corrected chi connectivity index (χ4v) is 2.63. The zero-order valence-corrected chi connectivity index (χ0v) is 13.4. The molecular weight excluding hydrogens is 305 g/mol. The molecule has 0 radical (unpaired) electrons. The van der Waals surface area contributed by atoms with Gasteiger partial charge in [0.05, 0.1) is 10.0 Å². The molecule has 6 heteroatoms. The maximum atomic E-state index is 9.83. The number of benzene rings is 1. The van der Waals surface area contributed by atoms with Crippen molar-refractivity contribution < 1.29 is 9.84 Å². The fraction of sp³-hybridized carbons (Fsp3) is 0.538. The van der Waals surface area contributed by atoms with Gasteiger partial charge in [0.1, 0.15) is 12.7 Å². The number of halogens is 2. The number of hydrogen-bond donors (Lipinski definition) is 2. The first-order valence-corrected chi connectivity index (χ1v) is 8.16. The summed E-state index contributed by atoms with van der Waals surface area (Å²) >= 11 is 13.7. The molecule has 19 heavy (non-hydrogen) atoms. The van der Waals surface area contributed by atoms with Crippen LogP contribution in [0.4, 0.5) is 0 Å². The predicted octanol–water partition coefficient (Wildman–Crippen LogP) is 3.07. The summed E-state index contributed by atoms with van der Waals surface area (Å²) in [5.41, 5.74) is 0. The highest BCUT2D eigenvalue weighted by Gasteiger charge is 2.11. The van der Waals surface area contributed by atoms with Crippen LogP contribution >= 0.6 is 35.0 Å². The van der Waals surface area contributed by atoms with Gasteiger partial charge in [0.2, 0.25) is 0 Å². The number of thioether (sulfide) groups is 1. The third-order valence-electron chi connectivity index (χ3n) is 2.46. The van der Waals surface area contributed by atoms with Crippen LogP contribution in [0.1, 0.15) is 6.92 Å². The molecule has 1 rings (SSSR count). The van der Waals surface area contributed by atoms with E-state index in [1.54, 1.807) is 30.0 Å². The van der Waals surface area contributed by atoms with Crippen LogP contribution < -0.4 is 10.1 Å². The van der Waals surface area contributed by atoms with Crippen molar-refractivity contribution in [3.8, 4) is 5.75 Å². The standard InChI is InChI=1S/C13H19Cl2NO2S/c1-9(8-19-2)16-6-10(17)7-18-13-11(14)4-3-5-12(13)15/h3-5,9-10,16-17H,6-8H2,1-2H3. The van der Waals surface area contributed by atoms with Crippen LogP contribution in [0.3, 0.4) is 0 Å². The Hall–Kier alpha value is -0.130. The van der Waals surface area contributed by atoms with E-state index in [0.717, 1.165) is 5.75 Å². The van der Waals surface area contributed by atoms with Crippen LogP contribution in [0, 0.1) is 0 Å². The largest absolute Gasteiger partial charge is 0.488 e. The van der Waals surface area contributed by atoms with Crippen LogP contribution in [-0.4, -0.2) is 42.4 Å². The molecule has 1 aromatic rings. The summed E-state index contributed by atoms with van der Waals surface area (Å²) in [5, 5.41) is 14.0. The predicted molar refractivity (Wildman–Crippen MR) is 83.8 cm³/mol. The number of aliphatic hydroxyl groups is 1. The van der Waals surface area contributed by atoms with E-state index in [9.17, 15) is 5.11 Å². The molecule has 2 N–H and O–H groups in total. The summed E-state index contributed by atoms with van der Waals surface area (Å²) in [6, 6.07) is 5.51. The number of hydrogen-bond acceptors (Lipinski definition) is 4. The lowest BCUT2D eigenvalue weighted by atomic mass is 10.3. The van der Waals surface area contributed by atoms with E-state index in [-0.39, 0.29) is 6.61 Å². The molecule has 0 aliphatic rings. The highest BCUT2D eigenvalue weighted by atomic mass is 35.5. The van der Waals surface area contributed by atoms with Gasteiger partial charge in [0, 0.05) is 18.3 Å². The van der Waals surface area contributed by atoms with Crippen LogP contribution in [0.5, 0.6) is 5.75 Å². The van der Waals surface area contributed by atoms with Crippen molar-refractivity contribution >= 4 is 35.0 Å². The van der Waals surface area contributed by atoms with Gasteiger partial charge in [-0.3, -0.25) is 0 Å². The summed E-state index contributed by atoms with van der Waals surface area (Å²) in [6.07, 6.45) is 1.45. The number of nitrogens with one attached hydrogen (secondary N) is 1. The van der Waals surface area contributed by atoms with Crippen LogP contribution in [-0.2, 0) is 0 Å². The highest BCUT2D eigenvalue weighted by Crippen LogP contribution is 2.32. The van der Waals surface area contributed by atoms with Crippen molar-refractivity contribution in [2.45, 2.75) is 19.1 Å². The van der Waals surface area contributed by atoms with Gasteiger partial charge >= 0.3 is 0 Å². The average Bonchev–Trinajstić information content (AvgIpc) is 2.36. The van der Waals surface area contributed by atoms with Gasteiger partial charge in [-0.2, -0.15) is 11.8 Å². The van der Waals surface area contributed by atoms with E-state index in [0.29, 0.717) is 28.4 Å². The normalized spacial score (nSPS) is 14.2. The first-order valence-electron chi connectivity index (χ1n) is 6.01. The second-order valence-corrected chi connectivity index (χ2v) is 6.01. The molecule has 0 spiro atoms. The number of rotatable bonds is 8. The lowest BCUT2D eigenvalue weighted by molar-refractivity contribution is 0.105. The van der Waals surface area contributed by atoms with Gasteiger partial charge in [0.15, 0.2) is 5.75 Å². The Morgan fingerprint density at radius 1 is 1.37 bits per heavy atom. The van der Waals surface area contributed by atoms with E-state index in [2.05, 4.69) is 18.5 Å². The molecule has 0 saturated carbocycles. The Morgan fingerprint density at radius 2 is 2.00 bits per heavy atom. The summed E-state index contributed by atoms with van der Waals surface area (Å²) in [5.74, 6) is 1.42. The second-order valence-electron chi connectivity index (χ2n) is 4.28. The minimum absolute atomic E-state index is 0.155. The smallest absolute Gasteiger partial charge is 0.156 e. The third-order valence-corrected chi connectivity index (χ3v) is 3.89. The van der Waals surface area contributed by atoms with Gasteiger partial charge in [-0.05, 0) is 25.3 Å². The van der Waals surface area contributed by atoms with E-state index >= 15 is 0 Å². The van der Waals surface area contributed by atoms with E-state index in [1.807, 2.05) is 0 Å². The lowest BCUT2D eigenvalue weighted by Gasteiger charge is -2.17. The average molecular weight is 324 g/mol. The molecular formula is C13H19Cl2NO2S. The fourth-order valence-electron chi connectivity index (χ4n) is 1.51.